The number of carboxylic acids is 1. The number of hydrogen-bond acceptors (Lipinski definition) is 2. The van der Waals surface area contributed by atoms with E-state index in [1.807, 2.05) is 12.1 Å². The Balaban J connectivity index is 2.48. The highest BCUT2D eigenvalue weighted by molar-refractivity contribution is 5.78. The summed E-state index contributed by atoms with van der Waals surface area (Å²) in [4.78, 5) is 13.6. The number of benzene rings is 1. The van der Waals surface area contributed by atoms with E-state index in [4.69, 9.17) is 0 Å². The van der Waals surface area contributed by atoms with Crippen LogP contribution in [0.3, 0.4) is 0 Å². The first-order valence-electron chi connectivity index (χ1n) is 6.56. The Kier molecular flexibility index (Phi) is 3.33. The highest BCUT2D eigenvalue weighted by Gasteiger charge is 2.31. The fraction of sp³-hybridized carbons (Fsp3) is 0.533. The van der Waals surface area contributed by atoms with E-state index < -0.39 is 11.9 Å². The van der Waals surface area contributed by atoms with E-state index in [2.05, 4.69) is 31.7 Å². The molecule has 1 aliphatic heterocycles. The van der Waals surface area contributed by atoms with Gasteiger partial charge >= 0.3 is 5.97 Å². The number of carbonyl (C=O) groups is 1. The average molecular weight is 247 g/mol. The molecule has 0 saturated heterocycles. The van der Waals surface area contributed by atoms with Crippen molar-refractivity contribution in [2.45, 2.75) is 52.1 Å². The standard InChI is InChI=1S/C15H21NO2/c1-9(2)16-10(3)8-13-12(11(4)15(17)18)6-5-7-14(13)16/h5-7,9-11H,8H2,1-4H3,(H,17,18). The summed E-state index contributed by atoms with van der Waals surface area (Å²) < 4.78 is 0. The van der Waals surface area contributed by atoms with Crippen LogP contribution < -0.4 is 4.90 Å². The van der Waals surface area contributed by atoms with Crippen LogP contribution in [-0.2, 0) is 11.2 Å². The van der Waals surface area contributed by atoms with Crippen LogP contribution in [0.1, 0.15) is 44.7 Å². The van der Waals surface area contributed by atoms with Gasteiger partial charge in [0.25, 0.3) is 0 Å². The monoisotopic (exact) mass is 247 g/mol. The summed E-state index contributed by atoms with van der Waals surface area (Å²) in [6, 6.07) is 6.92. The Hall–Kier alpha value is -1.51. The van der Waals surface area contributed by atoms with Crippen LogP contribution in [-0.4, -0.2) is 23.2 Å². The first-order chi connectivity index (χ1) is 8.43. The van der Waals surface area contributed by atoms with Crippen molar-refractivity contribution in [1.82, 2.24) is 0 Å². The zero-order valence-corrected chi connectivity index (χ0v) is 11.5. The lowest BCUT2D eigenvalue weighted by Gasteiger charge is -2.29. The molecule has 18 heavy (non-hydrogen) atoms. The fourth-order valence-electron chi connectivity index (χ4n) is 3.01. The SMILES string of the molecule is CC(C(=O)O)c1cccc2c1CC(C)N2C(C)C. The highest BCUT2D eigenvalue weighted by atomic mass is 16.4. The average Bonchev–Trinajstić information content (AvgIpc) is 2.63. The summed E-state index contributed by atoms with van der Waals surface area (Å²) in [7, 11) is 0. The Morgan fingerprint density at radius 1 is 1.39 bits per heavy atom. The topological polar surface area (TPSA) is 40.5 Å². The van der Waals surface area contributed by atoms with Gasteiger partial charge in [0, 0.05) is 17.8 Å². The van der Waals surface area contributed by atoms with Gasteiger partial charge in [-0.15, -0.1) is 0 Å². The number of fused-ring (bicyclic) bond motifs is 1. The molecule has 0 radical (unpaired) electrons. The summed E-state index contributed by atoms with van der Waals surface area (Å²) in [6.07, 6.45) is 0.946. The number of nitrogens with zero attached hydrogens (tertiary/aromatic N) is 1. The van der Waals surface area contributed by atoms with Crippen molar-refractivity contribution < 1.29 is 9.90 Å². The molecule has 98 valence electrons. The van der Waals surface area contributed by atoms with Gasteiger partial charge in [-0.05, 0) is 51.3 Å². The Bertz CT molecular complexity index is 468. The van der Waals surface area contributed by atoms with Crippen LogP contribution in [0.4, 0.5) is 5.69 Å². The Labute approximate surface area is 108 Å². The summed E-state index contributed by atoms with van der Waals surface area (Å²) in [5, 5.41) is 9.19. The second-order valence-corrected chi connectivity index (χ2v) is 5.46. The van der Waals surface area contributed by atoms with Crippen molar-refractivity contribution in [3.05, 3.63) is 29.3 Å². The molecule has 0 bridgehead atoms. The van der Waals surface area contributed by atoms with E-state index in [-0.39, 0.29) is 0 Å². The van der Waals surface area contributed by atoms with Gasteiger partial charge in [-0.2, -0.15) is 0 Å². The highest BCUT2D eigenvalue weighted by Crippen LogP contribution is 2.38. The first kappa shape index (κ1) is 12.9. The molecule has 3 heteroatoms. The normalized spacial score (nSPS) is 20.1. The third-order valence-corrected chi connectivity index (χ3v) is 3.83. The molecule has 1 heterocycles. The van der Waals surface area contributed by atoms with E-state index in [1.165, 1.54) is 11.3 Å². The molecule has 0 aliphatic carbocycles. The second-order valence-electron chi connectivity index (χ2n) is 5.46. The largest absolute Gasteiger partial charge is 0.481 e. The van der Waals surface area contributed by atoms with Crippen molar-refractivity contribution in [3.8, 4) is 0 Å². The third-order valence-electron chi connectivity index (χ3n) is 3.83. The van der Waals surface area contributed by atoms with Gasteiger partial charge in [0.2, 0.25) is 0 Å². The smallest absolute Gasteiger partial charge is 0.310 e. The molecule has 1 aromatic rings. The van der Waals surface area contributed by atoms with Crippen LogP contribution >= 0.6 is 0 Å². The molecule has 1 aliphatic rings. The molecule has 0 aromatic heterocycles. The lowest BCUT2D eigenvalue weighted by molar-refractivity contribution is -0.138. The minimum absolute atomic E-state index is 0.431. The molecular formula is C15H21NO2. The minimum atomic E-state index is -0.751. The van der Waals surface area contributed by atoms with Crippen molar-refractivity contribution in [2.75, 3.05) is 4.90 Å². The molecule has 0 fully saturated rings. The minimum Gasteiger partial charge on any atom is -0.481 e. The van der Waals surface area contributed by atoms with E-state index in [1.54, 1.807) is 6.92 Å². The summed E-state index contributed by atoms with van der Waals surface area (Å²) in [6.45, 7) is 8.33. The Morgan fingerprint density at radius 2 is 2.06 bits per heavy atom. The Morgan fingerprint density at radius 3 is 2.61 bits per heavy atom. The number of hydrogen-bond donors (Lipinski definition) is 1. The van der Waals surface area contributed by atoms with Gasteiger partial charge in [-0.1, -0.05) is 12.1 Å². The van der Waals surface area contributed by atoms with Gasteiger partial charge in [-0.25, -0.2) is 0 Å². The lowest BCUT2D eigenvalue weighted by atomic mass is 9.93. The van der Waals surface area contributed by atoms with Crippen molar-refractivity contribution in [2.24, 2.45) is 0 Å². The summed E-state index contributed by atoms with van der Waals surface area (Å²) in [5.41, 5.74) is 3.40. The van der Waals surface area contributed by atoms with E-state index in [0.29, 0.717) is 12.1 Å². The maximum atomic E-state index is 11.2. The maximum absolute atomic E-state index is 11.2. The van der Waals surface area contributed by atoms with Gasteiger partial charge < -0.3 is 10.0 Å². The summed E-state index contributed by atoms with van der Waals surface area (Å²) >= 11 is 0. The first-order valence-corrected chi connectivity index (χ1v) is 6.56. The molecule has 2 atom stereocenters. The molecule has 2 unspecified atom stereocenters. The molecule has 0 amide bonds. The third kappa shape index (κ3) is 1.98. The lowest BCUT2D eigenvalue weighted by Crippen LogP contribution is -2.35. The van der Waals surface area contributed by atoms with Crippen molar-refractivity contribution in [1.29, 1.82) is 0 Å². The van der Waals surface area contributed by atoms with Crippen LogP contribution in [0.5, 0.6) is 0 Å². The van der Waals surface area contributed by atoms with Gasteiger partial charge in [0.15, 0.2) is 0 Å². The molecule has 0 spiro atoms. The number of rotatable bonds is 3. The second kappa shape index (κ2) is 4.63. The number of aliphatic carboxylic acids is 1. The molecule has 1 N–H and O–H groups in total. The van der Waals surface area contributed by atoms with Crippen LogP contribution in [0, 0.1) is 0 Å². The van der Waals surface area contributed by atoms with Gasteiger partial charge in [-0.3, -0.25) is 4.79 Å². The molecule has 0 saturated carbocycles. The maximum Gasteiger partial charge on any atom is 0.310 e. The summed E-state index contributed by atoms with van der Waals surface area (Å²) in [5.74, 6) is -1.18. The van der Waals surface area contributed by atoms with E-state index in [0.717, 1.165) is 12.0 Å². The van der Waals surface area contributed by atoms with Crippen LogP contribution in [0.2, 0.25) is 0 Å². The zero-order valence-electron chi connectivity index (χ0n) is 11.5. The van der Waals surface area contributed by atoms with E-state index >= 15 is 0 Å². The molecule has 1 aromatic carbocycles. The van der Waals surface area contributed by atoms with Gasteiger partial charge in [0.1, 0.15) is 0 Å². The van der Waals surface area contributed by atoms with Crippen LogP contribution in [0.25, 0.3) is 0 Å². The quantitative estimate of drug-likeness (QED) is 0.892. The van der Waals surface area contributed by atoms with E-state index in [9.17, 15) is 9.90 Å². The molecular weight excluding hydrogens is 226 g/mol. The van der Waals surface area contributed by atoms with Gasteiger partial charge in [0.05, 0.1) is 5.92 Å². The molecule has 3 nitrogen and oxygen atoms in total. The zero-order chi connectivity index (χ0) is 13.4. The number of carboxylic acid groups (broad SMARTS) is 1. The predicted octanol–water partition coefficient (Wildman–Crippen LogP) is 3.03. The molecule has 2 rings (SSSR count). The van der Waals surface area contributed by atoms with Crippen LogP contribution in [0.15, 0.2) is 18.2 Å². The van der Waals surface area contributed by atoms with Crippen molar-refractivity contribution >= 4 is 11.7 Å². The fourth-order valence-corrected chi connectivity index (χ4v) is 3.01. The number of anilines is 1. The van der Waals surface area contributed by atoms with Crippen molar-refractivity contribution in [3.63, 3.8) is 0 Å². The predicted molar refractivity (Wildman–Crippen MR) is 73.3 cm³/mol.